The van der Waals surface area contributed by atoms with Crippen LogP contribution >= 0.6 is 0 Å². The summed E-state index contributed by atoms with van der Waals surface area (Å²) in [6.07, 6.45) is 3.31. The molecule has 0 bridgehead atoms. The summed E-state index contributed by atoms with van der Waals surface area (Å²) in [5, 5.41) is 0. The Bertz CT molecular complexity index is 1300. The van der Waals surface area contributed by atoms with Crippen LogP contribution in [0.1, 0.15) is 152 Å². The average molecular weight is 619 g/mol. The highest BCUT2D eigenvalue weighted by molar-refractivity contribution is 7.90. The van der Waals surface area contributed by atoms with E-state index in [2.05, 4.69) is 37.1 Å². The Labute approximate surface area is 256 Å². The average Bonchev–Trinajstić information content (AvgIpc) is 2.88. The lowest BCUT2D eigenvalue weighted by Crippen LogP contribution is -2.28. The van der Waals surface area contributed by atoms with Crippen molar-refractivity contribution in [1.82, 2.24) is 9.44 Å². The van der Waals surface area contributed by atoms with Gasteiger partial charge in [0.05, 0.1) is 9.79 Å². The molecule has 2 aromatic rings. The van der Waals surface area contributed by atoms with Crippen LogP contribution in [0.15, 0.2) is 46.2 Å². The van der Waals surface area contributed by atoms with Gasteiger partial charge >= 0.3 is 0 Å². The third kappa shape index (κ3) is 8.77. The van der Waals surface area contributed by atoms with Gasteiger partial charge in [0.1, 0.15) is 0 Å². The van der Waals surface area contributed by atoms with Gasteiger partial charge in [0.15, 0.2) is 0 Å². The first-order valence-corrected chi connectivity index (χ1v) is 18.3. The molecule has 42 heavy (non-hydrogen) atoms. The Morgan fingerprint density at radius 2 is 0.714 bits per heavy atom. The molecule has 8 heteroatoms. The van der Waals surface area contributed by atoms with Gasteiger partial charge < -0.3 is 0 Å². The molecule has 0 aliphatic rings. The fraction of sp³-hybridized carbons (Fsp3) is 0.588. The topological polar surface area (TPSA) is 92.3 Å². The van der Waals surface area contributed by atoms with Crippen LogP contribution in [0.3, 0.4) is 0 Å². The van der Waals surface area contributed by atoms with Gasteiger partial charge in [0, 0.05) is 13.1 Å². The molecule has 0 amide bonds. The molecule has 2 aromatic carbocycles. The van der Waals surface area contributed by atoms with Crippen molar-refractivity contribution in [2.24, 2.45) is 0 Å². The molecule has 0 heterocycles. The lowest BCUT2D eigenvalue weighted by Gasteiger charge is -2.23. The molecule has 6 nitrogen and oxygen atoms in total. The van der Waals surface area contributed by atoms with Gasteiger partial charge in [-0.2, -0.15) is 0 Å². The number of benzene rings is 2. The van der Waals surface area contributed by atoms with E-state index in [1.54, 1.807) is 12.2 Å². The molecule has 0 aromatic heterocycles. The van der Waals surface area contributed by atoms with E-state index in [1.807, 2.05) is 79.7 Å². The normalized spacial score (nSPS) is 13.3. The van der Waals surface area contributed by atoms with Gasteiger partial charge in [-0.1, -0.05) is 120 Å². The Balaban J connectivity index is 2.28. The van der Waals surface area contributed by atoms with Gasteiger partial charge in [-0.3, -0.25) is 0 Å². The molecular formula is C34H54N2O4S2. The number of rotatable bonds is 14. The Hall–Kier alpha value is -2.00. The lowest BCUT2D eigenvalue weighted by molar-refractivity contribution is 0.577. The smallest absolute Gasteiger partial charge is 0.207 e. The predicted octanol–water partition coefficient (Wildman–Crippen LogP) is 8.24. The second kappa shape index (κ2) is 14.7. The van der Waals surface area contributed by atoms with Gasteiger partial charge in [0.25, 0.3) is 0 Å². The molecule has 0 saturated heterocycles. The first kappa shape index (κ1) is 36.2. The molecule has 2 N–H and O–H groups in total. The zero-order chi connectivity index (χ0) is 32.2. The molecule has 0 saturated carbocycles. The molecule has 0 fully saturated rings. The maximum Gasteiger partial charge on any atom is 0.241 e. The summed E-state index contributed by atoms with van der Waals surface area (Å²) in [7, 11) is -7.59. The summed E-state index contributed by atoms with van der Waals surface area (Å²) in [5.74, 6) is 0.741. The van der Waals surface area contributed by atoms with Crippen molar-refractivity contribution in [3.05, 3.63) is 69.8 Å². The van der Waals surface area contributed by atoms with Crippen LogP contribution in [-0.2, 0) is 20.0 Å². The van der Waals surface area contributed by atoms with E-state index >= 15 is 0 Å². The Kier molecular flexibility index (Phi) is 12.6. The summed E-state index contributed by atoms with van der Waals surface area (Å²) < 4.78 is 59.7. The standard InChI is InChI=1S/C34H54N2O4S2/c1-21(2)27-17-29(23(5)6)33(30(18-27)24(7)8)41(37,38)35-15-13-14-16-36-42(39,40)34-31(25(9)10)19-28(22(3)4)20-32(34)26(11)12/h13-14,17-26,35-36H,15-16H2,1-12H3/b14-13+. The maximum absolute atomic E-state index is 13.6. The van der Waals surface area contributed by atoms with E-state index in [0.29, 0.717) is 9.79 Å². The van der Waals surface area contributed by atoms with E-state index in [0.717, 1.165) is 33.4 Å². The predicted molar refractivity (Wildman–Crippen MR) is 177 cm³/mol. The molecule has 2 rings (SSSR count). The first-order chi connectivity index (χ1) is 19.3. The summed E-state index contributed by atoms with van der Waals surface area (Å²) in [4.78, 5) is 0.719. The number of hydrogen-bond acceptors (Lipinski definition) is 4. The molecule has 0 radical (unpaired) electrons. The van der Waals surface area contributed by atoms with Gasteiger partial charge in [-0.15, -0.1) is 0 Å². The Morgan fingerprint density at radius 3 is 0.905 bits per heavy atom. The summed E-state index contributed by atoms with van der Waals surface area (Å²) in [5.41, 5.74) is 5.54. The van der Waals surface area contributed by atoms with Crippen LogP contribution in [0.4, 0.5) is 0 Å². The molecule has 236 valence electrons. The lowest BCUT2D eigenvalue weighted by atomic mass is 9.89. The summed E-state index contributed by atoms with van der Waals surface area (Å²) >= 11 is 0. The molecule has 0 unspecified atom stereocenters. The quantitative estimate of drug-likeness (QED) is 0.209. The Morgan fingerprint density at radius 1 is 0.476 bits per heavy atom. The third-order valence-electron chi connectivity index (χ3n) is 7.65. The number of hydrogen-bond donors (Lipinski definition) is 2. The van der Waals surface area contributed by atoms with Crippen molar-refractivity contribution in [3.63, 3.8) is 0 Å². The fourth-order valence-corrected chi connectivity index (χ4v) is 8.37. The largest absolute Gasteiger partial charge is 0.241 e. The molecular weight excluding hydrogens is 565 g/mol. The highest BCUT2D eigenvalue weighted by Gasteiger charge is 2.28. The number of sulfonamides is 2. The highest BCUT2D eigenvalue weighted by Crippen LogP contribution is 2.36. The van der Waals surface area contributed by atoms with Crippen LogP contribution in [0, 0.1) is 0 Å². The van der Waals surface area contributed by atoms with Crippen molar-refractivity contribution >= 4 is 20.0 Å². The minimum absolute atomic E-state index is 0.0405. The zero-order valence-corrected chi connectivity index (χ0v) is 29.4. The minimum atomic E-state index is -3.79. The zero-order valence-electron chi connectivity index (χ0n) is 27.8. The van der Waals surface area contributed by atoms with Crippen LogP contribution in [0.25, 0.3) is 0 Å². The van der Waals surface area contributed by atoms with Crippen LogP contribution in [0.5, 0.6) is 0 Å². The van der Waals surface area contributed by atoms with Crippen LogP contribution in [-0.4, -0.2) is 29.9 Å². The summed E-state index contributed by atoms with van der Waals surface area (Å²) in [6.45, 7) is 24.7. The van der Waals surface area contributed by atoms with Gasteiger partial charge in [-0.05, 0) is 68.9 Å². The second-order valence-corrected chi connectivity index (χ2v) is 16.6. The van der Waals surface area contributed by atoms with Crippen molar-refractivity contribution in [1.29, 1.82) is 0 Å². The maximum atomic E-state index is 13.6. The molecule has 0 spiro atoms. The molecule has 0 aliphatic heterocycles. The fourth-order valence-electron chi connectivity index (χ4n) is 5.03. The van der Waals surface area contributed by atoms with Crippen molar-refractivity contribution in [2.45, 2.75) is 128 Å². The monoisotopic (exact) mass is 618 g/mol. The third-order valence-corrected chi connectivity index (χ3v) is 10.8. The minimum Gasteiger partial charge on any atom is -0.207 e. The van der Waals surface area contributed by atoms with Crippen LogP contribution < -0.4 is 9.44 Å². The number of nitrogens with one attached hydrogen (secondary N) is 2. The van der Waals surface area contributed by atoms with Crippen molar-refractivity contribution in [2.75, 3.05) is 13.1 Å². The van der Waals surface area contributed by atoms with E-state index in [4.69, 9.17) is 0 Å². The SMILES string of the molecule is CC(C)c1cc(C(C)C)c(S(=O)(=O)NC/C=C/CNS(=O)(=O)c2c(C(C)C)cc(C(C)C)cc2C(C)C)c(C(C)C)c1. The van der Waals surface area contributed by atoms with Crippen LogP contribution in [0.2, 0.25) is 0 Å². The van der Waals surface area contributed by atoms with Gasteiger partial charge in [0.2, 0.25) is 20.0 Å². The highest BCUT2D eigenvalue weighted by atomic mass is 32.2. The van der Waals surface area contributed by atoms with Crippen molar-refractivity contribution in [3.8, 4) is 0 Å². The molecule has 0 atom stereocenters. The molecule has 0 aliphatic carbocycles. The van der Waals surface area contributed by atoms with E-state index in [9.17, 15) is 16.8 Å². The van der Waals surface area contributed by atoms with E-state index in [1.165, 1.54) is 0 Å². The second-order valence-electron chi connectivity index (χ2n) is 13.2. The van der Waals surface area contributed by atoms with Gasteiger partial charge in [-0.25, -0.2) is 26.3 Å². The van der Waals surface area contributed by atoms with E-state index in [-0.39, 0.29) is 48.6 Å². The van der Waals surface area contributed by atoms with E-state index < -0.39 is 20.0 Å². The summed E-state index contributed by atoms with van der Waals surface area (Å²) in [6, 6.07) is 8.08. The first-order valence-electron chi connectivity index (χ1n) is 15.3. The van der Waals surface area contributed by atoms with Crippen molar-refractivity contribution < 1.29 is 16.8 Å².